The second-order valence-corrected chi connectivity index (χ2v) is 5.43. The zero-order valence-electron chi connectivity index (χ0n) is 13.8. The minimum absolute atomic E-state index is 0.882. The van der Waals surface area contributed by atoms with E-state index in [1.54, 1.807) is 0 Å². The predicted octanol–water partition coefficient (Wildman–Crippen LogP) is 3.65. The molecule has 0 aliphatic heterocycles. The summed E-state index contributed by atoms with van der Waals surface area (Å²) in [7, 11) is 2.12. The van der Waals surface area contributed by atoms with Crippen molar-refractivity contribution in [2.45, 2.75) is 53.4 Å². The lowest BCUT2D eigenvalue weighted by Gasteiger charge is -2.24. The van der Waals surface area contributed by atoms with E-state index >= 15 is 0 Å². The van der Waals surface area contributed by atoms with E-state index in [2.05, 4.69) is 55.6 Å². The van der Waals surface area contributed by atoms with E-state index in [0.717, 1.165) is 49.9 Å². The van der Waals surface area contributed by atoms with Gasteiger partial charge in [0.1, 0.15) is 5.82 Å². The second-order valence-electron chi connectivity index (χ2n) is 5.43. The summed E-state index contributed by atoms with van der Waals surface area (Å²) in [5, 5.41) is 0. The molecule has 0 fully saturated rings. The van der Waals surface area contributed by atoms with Crippen LogP contribution in [0.25, 0.3) is 0 Å². The molecule has 0 bridgehead atoms. The summed E-state index contributed by atoms with van der Waals surface area (Å²) in [5.41, 5.74) is 1.05. The van der Waals surface area contributed by atoms with Crippen molar-refractivity contribution in [3.05, 3.63) is 11.8 Å². The zero-order chi connectivity index (χ0) is 15.0. The van der Waals surface area contributed by atoms with Gasteiger partial charge in [-0.3, -0.25) is 0 Å². The fourth-order valence-corrected chi connectivity index (χ4v) is 2.24. The largest absolute Gasteiger partial charge is 0.360 e. The summed E-state index contributed by atoms with van der Waals surface area (Å²) >= 11 is 0. The number of hydrogen-bond acceptors (Lipinski definition) is 4. The molecule has 0 radical (unpaired) electrons. The number of aromatic nitrogens is 2. The summed E-state index contributed by atoms with van der Waals surface area (Å²) in [6.45, 7) is 11.8. The Kier molecular flexibility index (Phi) is 7.34. The number of nitrogens with zero attached hydrogens (tertiary/aromatic N) is 4. The summed E-state index contributed by atoms with van der Waals surface area (Å²) in [5.74, 6) is 1.92. The van der Waals surface area contributed by atoms with Crippen LogP contribution in [0.4, 0.5) is 11.8 Å². The highest BCUT2D eigenvalue weighted by atomic mass is 15.3. The van der Waals surface area contributed by atoms with Crippen molar-refractivity contribution in [3.8, 4) is 0 Å². The molecule has 0 N–H and O–H groups in total. The van der Waals surface area contributed by atoms with Crippen LogP contribution in [-0.2, 0) is 0 Å². The SMILES string of the molecule is CCCCN(C)c1cc(C)nc(N(CCC)CCC)n1. The second kappa shape index (κ2) is 8.77. The van der Waals surface area contributed by atoms with Crippen LogP contribution >= 0.6 is 0 Å². The van der Waals surface area contributed by atoms with Crippen LogP contribution in [0.15, 0.2) is 6.07 Å². The molecule has 0 aliphatic carbocycles. The van der Waals surface area contributed by atoms with E-state index in [-0.39, 0.29) is 0 Å². The van der Waals surface area contributed by atoms with Crippen LogP contribution in [-0.4, -0.2) is 36.6 Å². The van der Waals surface area contributed by atoms with Crippen LogP contribution in [0.5, 0.6) is 0 Å². The predicted molar refractivity (Wildman–Crippen MR) is 87.7 cm³/mol. The van der Waals surface area contributed by atoms with Crippen molar-refractivity contribution in [2.24, 2.45) is 0 Å². The highest BCUT2D eigenvalue weighted by Crippen LogP contribution is 2.17. The molecule has 1 heterocycles. The first-order valence-electron chi connectivity index (χ1n) is 7.94. The van der Waals surface area contributed by atoms with Gasteiger partial charge in [0.15, 0.2) is 0 Å². The van der Waals surface area contributed by atoms with Gasteiger partial charge in [0.25, 0.3) is 0 Å². The Bertz CT molecular complexity index is 386. The van der Waals surface area contributed by atoms with Gasteiger partial charge in [0.05, 0.1) is 0 Å². The van der Waals surface area contributed by atoms with Crippen molar-refractivity contribution in [2.75, 3.05) is 36.5 Å². The maximum atomic E-state index is 4.76. The molecule has 0 spiro atoms. The highest BCUT2D eigenvalue weighted by Gasteiger charge is 2.11. The molecule has 4 heteroatoms. The Balaban J connectivity index is 2.93. The molecule has 1 aromatic heterocycles. The Labute approximate surface area is 124 Å². The fourth-order valence-electron chi connectivity index (χ4n) is 2.24. The first-order valence-corrected chi connectivity index (χ1v) is 7.94. The Hall–Kier alpha value is -1.32. The normalized spacial score (nSPS) is 10.7. The molecular weight excluding hydrogens is 248 g/mol. The first-order chi connectivity index (χ1) is 9.62. The van der Waals surface area contributed by atoms with Crippen LogP contribution in [0, 0.1) is 6.92 Å². The van der Waals surface area contributed by atoms with Crippen LogP contribution in [0.3, 0.4) is 0 Å². The molecule has 0 unspecified atom stereocenters. The van der Waals surface area contributed by atoms with Crippen LogP contribution < -0.4 is 9.80 Å². The molecule has 0 saturated carbocycles. The van der Waals surface area contributed by atoms with E-state index in [0.29, 0.717) is 0 Å². The average molecular weight is 278 g/mol. The van der Waals surface area contributed by atoms with Gasteiger partial charge in [0.2, 0.25) is 5.95 Å². The lowest BCUT2D eigenvalue weighted by atomic mass is 10.3. The maximum Gasteiger partial charge on any atom is 0.227 e. The van der Waals surface area contributed by atoms with Gasteiger partial charge in [-0.25, -0.2) is 4.98 Å². The van der Waals surface area contributed by atoms with Crippen molar-refractivity contribution >= 4 is 11.8 Å². The number of aryl methyl sites for hydroxylation is 1. The standard InChI is InChI=1S/C16H30N4/c1-6-9-12-19(5)15-13-14(4)17-16(18-15)20(10-7-2)11-8-3/h13H,6-12H2,1-5H3. The quantitative estimate of drug-likeness (QED) is 0.690. The fraction of sp³-hybridized carbons (Fsp3) is 0.750. The lowest BCUT2D eigenvalue weighted by Crippen LogP contribution is -2.28. The molecule has 114 valence electrons. The van der Waals surface area contributed by atoms with Gasteiger partial charge < -0.3 is 9.80 Å². The molecule has 0 atom stereocenters. The lowest BCUT2D eigenvalue weighted by molar-refractivity contribution is 0.712. The van der Waals surface area contributed by atoms with Gasteiger partial charge in [0, 0.05) is 38.4 Å². The van der Waals surface area contributed by atoms with Crippen molar-refractivity contribution in [3.63, 3.8) is 0 Å². The Morgan fingerprint density at radius 1 is 0.950 bits per heavy atom. The number of hydrogen-bond donors (Lipinski definition) is 0. The van der Waals surface area contributed by atoms with Crippen LogP contribution in [0.1, 0.15) is 52.1 Å². The maximum absolute atomic E-state index is 4.76. The van der Waals surface area contributed by atoms with Crippen molar-refractivity contribution in [1.82, 2.24) is 9.97 Å². The monoisotopic (exact) mass is 278 g/mol. The number of anilines is 2. The van der Waals surface area contributed by atoms with Gasteiger partial charge >= 0.3 is 0 Å². The van der Waals surface area contributed by atoms with E-state index in [9.17, 15) is 0 Å². The summed E-state index contributed by atoms with van der Waals surface area (Å²) in [6, 6.07) is 2.08. The third kappa shape index (κ3) is 4.99. The van der Waals surface area contributed by atoms with Gasteiger partial charge in [-0.2, -0.15) is 4.98 Å². The molecule has 0 saturated heterocycles. The molecular formula is C16H30N4. The molecule has 0 aromatic carbocycles. The van der Waals surface area contributed by atoms with Gasteiger partial charge in [-0.15, -0.1) is 0 Å². The molecule has 20 heavy (non-hydrogen) atoms. The Morgan fingerprint density at radius 3 is 2.15 bits per heavy atom. The van der Waals surface area contributed by atoms with Crippen molar-refractivity contribution < 1.29 is 0 Å². The topological polar surface area (TPSA) is 32.3 Å². The minimum Gasteiger partial charge on any atom is -0.360 e. The van der Waals surface area contributed by atoms with Gasteiger partial charge in [-0.1, -0.05) is 27.2 Å². The van der Waals surface area contributed by atoms with Crippen LogP contribution in [0.2, 0.25) is 0 Å². The molecule has 1 rings (SSSR count). The van der Waals surface area contributed by atoms with E-state index in [1.165, 1.54) is 12.8 Å². The smallest absolute Gasteiger partial charge is 0.227 e. The minimum atomic E-state index is 0.882. The summed E-state index contributed by atoms with van der Waals surface area (Å²) in [6.07, 6.45) is 4.65. The van der Waals surface area contributed by atoms with E-state index in [4.69, 9.17) is 4.98 Å². The molecule has 0 amide bonds. The molecule has 4 nitrogen and oxygen atoms in total. The third-order valence-electron chi connectivity index (χ3n) is 3.34. The zero-order valence-corrected chi connectivity index (χ0v) is 13.8. The molecule has 1 aromatic rings. The average Bonchev–Trinajstić information content (AvgIpc) is 2.43. The van der Waals surface area contributed by atoms with Crippen molar-refractivity contribution in [1.29, 1.82) is 0 Å². The first kappa shape index (κ1) is 16.7. The third-order valence-corrected chi connectivity index (χ3v) is 3.34. The van der Waals surface area contributed by atoms with E-state index < -0.39 is 0 Å². The Morgan fingerprint density at radius 2 is 1.60 bits per heavy atom. The summed E-state index contributed by atoms with van der Waals surface area (Å²) in [4.78, 5) is 13.9. The number of unbranched alkanes of at least 4 members (excludes halogenated alkanes) is 1. The van der Waals surface area contributed by atoms with E-state index in [1.807, 2.05) is 0 Å². The van der Waals surface area contributed by atoms with Gasteiger partial charge in [-0.05, 0) is 26.2 Å². The highest BCUT2D eigenvalue weighted by molar-refractivity contribution is 5.45. The molecule has 0 aliphatic rings. The number of rotatable bonds is 9. The summed E-state index contributed by atoms with van der Waals surface area (Å²) < 4.78 is 0.